The molecule has 4 N–H and O–H groups in total. The van der Waals surface area contributed by atoms with Gasteiger partial charge in [-0.1, -0.05) is 18.6 Å². The van der Waals surface area contributed by atoms with E-state index in [1.165, 1.54) is 14.0 Å². The molecule has 0 aromatic carbocycles. The summed E-state index contributed by atoms with van der Waals surface area (Å²) in [5, 5.41) is 48.3. The van der Waals surface area contributed by atoms with Gasteiger partial charge in [0.15, 0.2) is 5.78 Å². The predicted molar refractivity (Wildman–Crippen MR) is 134 cm³/mol. The summed E-state index contributed by atoms with van der Waals surface area (Å²) in [5.74, 6) is -1.40. The smallest absolute Gasteiger partial charge is 0.334 e. The van der Waals surface area contributed by atoms with E-state index in [0.717, 1.165) is 5.57 Å². The highest BCUT2D eigenvalue weighted by Crippen LogP contribution is 2.71. The zero-order valence-corrected chi connectivity index (χ0v) is 22.8. The molecule has 4 aliphatic carbocycles. The first kappa shape index (κ1) is 27.0. The summed E-state index contributed by atoms with van der Waals surface area (Å²) in [6.45, 7) is 8.67. The number of fused-ring (bicyclic) bond motifs is 5. The number of aliphatic hydroxyl groups is 4. The number of allylic oxidation sites excluding steroid dienone is 1. The lowest BCUT2D eigenvalue weighted by Gasteiger charge is -2.67. The maximum Gasteiger partial charge on any atom is 0.334 e. The van der Waals surface area contributed by atoms with Crippen LogP contribution in [0.25, 0.3) is 0 Å². The van der Waals surface area contributed by atoms with E-state index in [1.807, 2.05) is 13.8 Å². The molecule has 0 bridgehead atoms. The monoisotopic (exact) mass is 518 g/mol. The van der Waals surface area contributed by atoms with Crippen LogP contribution < -0.4 is 0 Å². The predicted octanol–water partition coefficient (Wildman–Crippen LogP) is 2.36. The molecule has 37 heavy (non-hydrogen) atoms. The van der Waals surface area contributed by atoms with Crippen molar-refractivity contribution in [2.45, 2.75) is 114 Å². The van der Waals surface area contributed by atoms with Crippen LogP contribution in [0.15, 0.2) is 23.3 Å². The van der Waals surface area contributed by atoms with Gasteiger partial charge in [0.2, 0.25) is 0 Å². The van der Waals surface area contributed by atoms with Crippen LogP contribution >= 0.6 is 0 Å². The van der Waals surface area contributed by atoms with Crippen molar-refractivity contribution < 1.29 is 39.5 Å². The van der Waals surface area contributed by atoms with Gasteiger partial charge >= 0.3 is 5.97 Å². The molecule has 0 amide bonds. The average Bonchev–Trinajstić information content (AvgIpc) is 3.07. The minimum atomic E-state index is -1.84. The maximum absolute atomic E-state index is 13.5. The Morgan fingerprint density at radius 2 is 1.78 bits per heavy atom. The molecule has 8 nitrogen and oxygen atoms in total. The largest absolute Gasteiger partial charge is 0.455 e. The van der Waals surface area contributed by atoms with Crippen LogP contribution in [0, 0.1) is 22.7 Å². The second-order valence-corrected chi connectivity index (χ2v) is 13.0. The van der Waals surface area contributed by atoms with Gasteiger partial charge in [0.1, 0.15) is 22.9 Å². The second-order valence-electron chi connectivity index (χ2n) is 13.0. The highest BCUT2D eigenvalue weighted by molar-refractivity contribution is 5.97. The minimum Gasteiger partial charge on any atom is -0.455 e. The van der Waals surface area contributed by atoms with Crippen molar-refractivity contribution in [1.29, 1.82) is 0 Å². The van der Waals surface area contributed by atoms with E-state index < -0.39 is 57.3 Å². The molecule has 1 heterocycles. The van der Waals surface area contributed by atoms with Crippen LogP contribution in [0.2, 0.25) is 0 Å². The van der Waals surface area contributed by atoms with Crippen molar-refractivity contribution in [1.82, 2.24) is 0 Å². The molecule has 206 valence electrons. The Labute approximate surface area is 218 Å². The number of aliphatic hydroxyl groups excluding tert-OH is 1. The summed E-state index contributed by atoms with van der Waals surface area (Å²) < 4.78 is 11.6. The molecule has 10 atom stereocenters. The van der Waals surface area contributed by atoms with E-state index >= 15 is 0 Å². The van der Waals surface area contributed by atoms with E-state index in [9.17, 15) is 30.0 Å². The van der Waals surface area contributed by atoms with Crippen molar-refractivity contribution in [3.63, 3.8) is 0 Å². The van der Waals surface area contributed by atoms with Crippen LogP contribution in [0.5, 0.6) is 0 Å². The molecule has 0 aromatic rings. The lowest BCUT2D eigenvalue weighted by Crippen LogP contribution is -2.76. The zero-order chi connectivity index (χ0) is 27.4. The number of hydrogen-bond acceptors (Lipinski definition) is 8. The third-order valence-corrected chi connectivity index (χ3v) is 12.1. The molecule has 3 fully saturated rings. The Hall–Kier alpha value is -1.58. The number of hydrogen-bond donors (Lipinski definition) is 4. The Morgan fingerprint density at radius 3 is 2.41 bits per heavy atom. The Morgan fingerprint density at radius 1 is 1.11 bits per heavy atom. The standard InChI is InChI=1S/C29H42O8/c1-16-14-22(37-23(32)17(16)2)26(5,33)29(35)13-12-27(34)19-15-21(31)28(36-6)10-7-8-20(30)25(28,4)18(19)9-11-24(27,29)3/h7-8,18-19,21-22,31,33-35H,9-15H2,1-6H3/t18-,19+,21+,22+,24-,25-,26-,27+,28-,29-/m0/s1. The summed E-state index contributed by atoms with van der Waals surface area (Å²) in [6, 6.07) is 0. The van der Waals surface area contributed by atoms with Gasteiger partial charge in [-0.15, -0.1) is 0 Å². The summed E-state index contributed by atoms with van der Waals surface area (Å²) in [5.41, 5.74) is -7.06. The van der Waals surface area contributed by atoms with Crippen molar-refractivity contribution in [3.8, 4) is 0 Å². The molecule has 0 unspecified atom stereocenters. The highest BCUT2D eigenvalue weighted by atomic mass is 16.6. The Balaban J connectivity index is 1.56. The molecular weight excluding hydrogens is 476 g/mol. The number of methoxy groups -OCH3 is 1. The van der Waals surface area contributed by atoms with Crippen molar-refractivity contribution >= 4 is 11.8 Å². The number of cyclic esters (lactones) is 1. The summed E-state index contributed by atoms with van der Waals surface area (Å²) in [7, 11) is 1.53. The molecular formula is C29H42O8. The molecule has 3 saturated carbocycles. The van der Waals surface area contributed by atoms with Crippen molar-refractivity contribution in [3.05, 3.63) is 23.3 Å². The van der Waals surface area contributed by atoms with E-state index in [1.54, 1.807) is 26.0 Å². The molecule has 0 saturated heterocycles. The molecule has 0 spiro atoms. The Bertz CT molecular complexity index is 1090. The zero-order valence-electron chi connectivity index (χ0n) is 22.8. The average molecular weight is 519 g/mol. The first-order valence-corrected chi connectivity index (χ1v) is 13.6. The summed E-state index contributed by atoms with van der Waals surface area (Å²) in [6.07, 6.45) is 3.44. The molecule has 0 radical (unpaired) electrons. The lowest BCUT2D eigenvalue weighted by molar-refractivity contribution is -0.303. The topological polar surface area (TPSA) is 134 Å². The van der Waals surface area contributed by atoms with Gasteiger partial charge in [0.05, 0.1) is 17.1 Å². The van der Waals surface area contributed by atoms with E-state index in [0.29, 0.717) is 31.3 Å². The normalized spacial score (nSPS) is 51.2. The number of ether oxygens (including phenoxy) is 2. The van der Waals surface area contributed by atoms with Crippen LogP contribution in [0.1, 0.15) is 79.6 Å². The first-order valence-electron chi connectivity index (χ1n) is 13.6. The maximum atomic E-state index is 13.5. The van der Waals surface area contributed by atoms with E-state index in [2.05, 4.69) is 0 Å². The molecule has 1 aliphatic heterocycles. The fourth-order valence-electron chi connectivity index (χ4n) is 9.36. The fourth-order valence-corrected chi connectivity index (χ4v) is 9.36. The second kappa shape index (κ2) is 7.98. The number of esters is 1. The number of rotatable bonds is 3. The van der Waals surface area contributed by atoms with Gasteiger partial charge < -0.3 is 29.9 Å². The van der Waals surface area contributed by atoms with Gasteiger partial charge in [-0.2, -0.15) is 0 Å². The first-order chi connectivity index (χ1) is 17.1. The van der Waals surface area contributed by atoms with Gasteiger partial charge in [0.25, 0.3) is 0 Å². The number of carbonyl (C=O) groups excluding carboxylic acids is 2. The summed E-state index contributed by atoms with van der Waals surface area (Å²) >= 11 is 0. The van der Waals surface area contributed by atoms with Gasteiger partial charge in [0, 0.05) is 24.5 Å². The quantitative estimate of drug-likeness (QED) is 0.419. The Kier molecular flexibility index (Phi) is 5.82. The fraction of sp³-hybridized carbons (Fsp3) is 0.793. The van der Waals surface area contributed by atoms with Crippen LogP contribution in [0.3, 0.4) is 0 Å². The molecule has 8 heteroatoms. The minimum absolute atomic E-state index is 0.0993. The molecule has 5 aliphatic rings. The van der Waals surface area contributed by atoms with Crippen LogP contribution in [0.4, 0.5) is 0 Å². The summed E-state index contributed by atoms with van der Waals surface area (Å²) in [4.78, 5) is 26.0. The van der Waals surface area contributed by atoms with Crippen molar-refractivity contribution in [2.24, 2.45) is 22.7 Å². The number of carbonyl (C=O) groups is 2. The number of ketones is 1. The molecule has 5 rings (SSSR count). The SMILES string of the molecule is CO[C@]12CC=CC(=O)[C@]1(C)[C@H]1CC[C@]3(C)[C@](O)([C@@](C)(O)[C@H]4CC(C)=C(C)C(=O)O4)CC[C@@]3(O)[C@@H]1C[C@H]2O. The van der Waals surface area contributed by atoms with Crippen molar-refractivity contribution in [2.75, 3.05) is 7.11 Å². The van der Waals surface area contributed by atoms with Gasteiger partial charge in [-0.25, -0.2) is 4.79 Å². The highest BCUT2D eigenvalue weighted by Gasteiger charge is 2.79. The van der Waals surface area contributed by atoms with Gasteiger partial charge in [-0.3, -0.25) is 4.79 Å². The van der Waals surface area contributed by atoms with E-state index in [4.69, 9.17) is 9.47 Å². The van der Waals surface area contributed by atoms with Crippen LogP contribution in [-0.2, 0) is 19.1 Å². The lowest BCUT2D eigenvalue weighted by atomic mass is 9.41. The van der Waals surface area contributed by atoms with Crippen LogP contribution in [-0.4, -0.2) is 73.9 Å². The van der Waals surface area contributed by atoms with E-state index in [-0.39, 0.29) is 31.0 Å². The third-order valence-electron chi connectivity index (χ3n) is 12.1. The molecule has 0 aromatic heterocycles. The van der Waals surface area contributed by atoms with Gasteiger partial charge in [-0.05, 0) is 84.1 Å². The third kappa shape index (κ3) is 2.91.